The Hall–Kier alpha value is -1.88. The topological polar surface area (TPSA) is 70.2 Å². The fourth-order valence-electron chi connectivity index (χ4n) is 2.54. The van der Waals surface area contributed by atoms with E-state index in [1.807, 2.05) is 6.07 Å². The van der Waals surface area contributed by atoms with Gasteiger partial charge in [-0.1, -0.05) is 12.5 Å². The van der Waals surface area contributed by atoms with Gasteiger partial charge in [0.05, 0.1) is 6.04 Å². The van der Waals surface area contributed by atoms with Crippen LogP contribution in [-0.4, -0.2) is 30.4 Å². The first-order chi connectivity index (χ1) is 10.2. The second kappa shape index (κ2) is 6.26. The average molecular weight is 287 g/mol. The summed E-state index contributed by atoms with van der Waals surface area (Å²) >= 11 is 0. The van der Waals surface area contributed by atoms with Gasteiger partial charge in [0.2, 0.25) is 5.91 Å². The minimum absolute atomic E-state index is 0.0190. The number of hydrogen-bond donors (Lipinski definition) is 3. The Morgan fingerprint density at radius 3 is 2.71 bits per heavy atom. The van der Waals surface area contributed by atoms with Crippen LogP contribution in [0.4, 0.5) is 5.69 Å². The maximum atomic E-state index is 12.2. The lowest BCUT2D eigenvalue weighted by atomic mass is 10.0. The molecule has 0 spiro atoms. The number of carbonyl (C=O) groups excluding carboxylic acids is 2. The molecule has 0 radical (unpaired) electrons. The summed E-state index contributed by atoms with van der Waals surface area (Å²) in [6.45, 7) is 0.891. The summed E-state index contributed by atoms with van der Waals surface area (Å²) in [4.78, 5) is 24.2. The van der Waals surface area contributed by atoms with Crippen LogP contribution in [0.25, 0.3) is 0 Å². The molecule has 1 saturated heterocycles. The second-order valence-corrected chi connectivity index (χ2v) is 5.82. The van der Waals surface area contributed by atoms with E-state index < -0.39 is 0 Å². The van der Waals surface area contributed by atoms with E-state index in [0.29, 0.717) is 17.3 Å². The quantitative estimate of drug-likeness (QED) is 0.789. The summed E-state index contributed by atoms with van der Waals surface area (Å²) < 4.78 is 0. The van der Waals surface area contributed by atoms with Gasteiger partial charge in [0.1, 0.15) is 0 Å². The Morgan fingerprint density at radius 2 is 2.00 bits per heavy atom. The molecule has 0 unspecified atom stereocenters. The molecule has 1 saturated carbocycles. The largest absolute Gasteiger partial charge is 0.349 e. The van der Waals surface area contributed by atoms with Gasteiger partial charge in [-0.3, -0.25) is 9.59 Å². The molecule has 2 fully saturated rings. The molecule has 1 aromatic carbocycles. The SMILES string of the molecule is O=C(NC1CC1)c1cccc(NC(=O)[C@@H]2CCCCN2)c1. The van der Waals surface area contributed by atoms with Crippen molar-refractivity contribution in [1.29, 1.82) is 0 Å². The molecule has 0 aromatic heterocycles. The van der Waals surface area contributed by atoms with Gasteiger partial charge in [-0.15, -0.1) is 0 Å². The monoisotopic (exact) mass is 287 g/mol. The van der Waals surface area contributed by atoms with E-state index in [9.17, 15) is 9.59 Å². The van der Waals surface area contributed by atoms with Gasteiger partial charge in [-0.05, 0) is 50.4 Å². The van der Waals surface area contributed by atoms with E-state index in [-0.39, 0.29) is 17.9 Å². The number of benzene rings is 1. The summed E-state index contributed by atoms with van der Waals surface area (Å²) in [5, 5.41) is 9.06. The zero-order chi connectivity index (χ0) is 14.7. The maximum Gasteiger partial charge on any atom is 0.251 e. The third kappa shape index (κ3) is 3.82. The molecule has 1 aliphatic carbocycles. The fraction of sp³-hybridized carbons (Fsp3) is 0.500. The number of carbonyl (C=O) groups is 2. The molecule has 5 nitrogen and oxygen atoms in total. The number of piperidine rings is 1. The van der Waals surface area contributed by atoms with Crippen LogP contribution < -0.4 is 16.0 Å². The van der Waals surface area contributed by atoms with Crippen molar-refractivity contribution < 1.29 is 9.59 Å². The minimum Gasteiger partial charge on any atom is -0.349 e. The van der Waals surface area contributed by atoms with E-state index in [1.54, 1.807) is 18.2 Å². The van der Waals surface area contributed by atoms with Crippen LogP contribution in [-0.2, 0) is 4.79 Å². The molecule has 3 N–H and O–H groups in total. The summed E-state index contributed by atoms with van der Waals surface area (Å²) in [5.41, 5.74) is 1.27. The first kappa shape index (κ1) is 14.1. The second-order valence-electron chi connectivity index (χ2n) is 5.82. The number of anilines is 1. The van der Waals surface area contributed by atoms with E-state index >= 15 is 0 Å². The van der Waals surface area contributed by atoms with E-state index in [2.05, 4.69) is 16.0 Å². The van der Waals surface area contributed by atoms with Crippen LogP contribution in [0, 0.1) is 0 Å². The van der Waals surface area contributed by atoms with Crippen molar-refractivity contribution in [2.45, 2.75) is 44.2 Å². The predicted octanol–water partition coefficient (Wildman–Crippen LogP) is 1.66. The van der Waals surface area contributed by atoms with Crippen molar-refractivity contribution in [2.24, 2.45) is 0 Å². The molecule has 2 amide bonds. The molecule has 2 aliphatic rings. The Bertz CT molecular complexity index is 534. The number of hydrogen-bond acceptors (Lipinski definition) is 3. The van der Waals surface area contributed by atoms with Crippen molar-refractivity contribution in [3.05, 3.63) is 29.8 Å². The highest BCUT2D eigenvalue weighted by molar-refractivity contribution is 5.98. The molecule has 1 aliphatic heterocycles. The van der Waals surface area contributed by atoms with Crippen molar-refractivity contribution in [2.75, 3.05) is 11.9 Å². The van der Waals surface area contributed by atoms with Crippen molar-refractivity contribution >= 4 is 17.5 Å². The third-order valence-electron chi connectivity index (χ3n) is 3.93. The molecule has 21 heavy (non-hydrogen) atoms. The summed E-state index contributed by atoms with van der Waals surface area (Å²) in [6, 6.07) is 7.33. The lowest BCUT2D eigenvalue weighted by Gasteiger charge is -2.22. The Balaban J connectivity index is 1.61. The van der Waals surface area contributed by atoms with Crippen LogP contribution in [0.3, 0.4) is 0 Å². The lowest BCUT2D eigenvalue weighted by molar-refractivity contribution is -0.118. The van der Waals surface area contributed by atoms with Crippen LogP contribution in [0.15, 0.2) is 24.3 Å². The van der Waals surface area contributed by atoms with E-state index in [0.717, 1.165) is 38.6 Å². The highest BCUT2D eigenvalue weighted by Crippen LogP contribution is 2.20. The van der Waals surface area contributed by atoms with Crippen molar-refractivity contribution in [1.82, 2.24) is 10.6 Å². The number of rotatable bonds is 4. The zero-order valence-corrected chi connectivity index (χ0v) is 12.0. The maximum absolute atomic E-state index is 12.2. The van der Waals surface area contributed by atoms with Crippen LogP contribution in [0.1, 0.15) is 42.5 Å². The highest BCUT2D eigenvalue weighted by Gasteiger charge is 2.24. The fourth-order valence-corrected chi connectivity index (χ4v) is 2.54. The molecule has 5 heteroatoms. The molecule has 1 atom stereocenters. The lowest BCUT2D eigenvalue weighted by Crippen LogP contribution is -2.43. The normalized spacial score (nSPS) is 21.6. The summed E-state index contributed by atoms with van der Waals surface area (Å²) in [5.74, 6) is -0.0844. The average Bonchev–Trinajstić information content (AvgIpc) is 3.32. The van der Waals surface area contributed by atoms with Gasteiger partial charge in [-0.25, -0.2) is 0 Å². The minimum atomic E-state index is -0.123. The van der Waals surface area contributed by atoms with E-state index in [1.165, 1.54) is 0 Å². The molecule has 1 aromatic rings. The first-order valence-electron chi connectivity index (χ1n) is 7.67. The molecule has 0 bridgehead atoms. The van der Waals surface area contributed by atoms with Gasteiger partial charge in [-0.2, -0.15) is 0 Å². The number of nitrogens with one attached hydrogen (secondary N) is 3. The van der Waals surface area contributed by atoms with Crippen LogP contribution in [0.5, 0.6) is 0 Å². The Labute approximate surface area is 124 Å². The molecular formula is C16H21N3O2. The van der Waals surface area contributed by atoms with E-state index in [4.69, 9.17) is 0 Å². The van der Waals surface area contributed by atoms with Crippen molar-refractivity contribution in [3.8, 4) is 0 Å². The Morgan fingerprint density at radius 1 is 1.14 bits per heavy atom. The van der Waals surface area contributed by atoms with Crippen molar-refractivity contribution in [3.63, 3.8) is 0 Å². The van der Waals surface area contributed by atoms with Gasteiger partial charge in [0, 0.05) is 17.3 Å². The van der Waals surface area contributed by atoms with Crippen LogP contribution in [0.2, 0.25) is 0 Å². The molecule has 1 heterocycles. The van der Waals surface area contributed by atoms with Gasteiger partial charge in [0.25, 0.3) is 5.91 Å². The number of amides is 2. The van der Waals surface area contributed by atoms with Gasteiger partial charge < -0.3 is 16.0 Å². The molecular weight excluding hydrogens is 266 g/mol. The summed E-state index contributed by atoms with van der Waals surface area (Å²) in [6.07, 6.45) is 5.20. The summed E-state index contributed by atoms with van der Waals surface area (Å²) in [7, 11) is 0. The molecule has 112 valence electrons. The standard InChI is InChI=1S/C16H21N3O2/c20-15(18-12-7-8-12)11-4-3-5-13(10-11)19-16(21)14-6-1-2-9-17-14/h3-5,10,12,14,17H,1-2,6-9H2,(H,18,20)(H,19,21)/t14-/m0/s1. The zero-order valence-electron chi connectivity index (χ0n) is 12.0. The Kier molecular flexibility index (Phi) is 4.20. The molecule has 3 rings (SSSR count). The third-order valence-corrected chi connectivity index (χ3v) is 3.93. The van der Waals surface area contributed by atoms with Gasteiger partial charge >= 0.3 is 0 Å². The van der Waals surface area contributed by atoms with Crippen LogP contribution >= 0.6 is 0 Å². The van der Waals surface area contributed by atoms with Gasteiger partial charge in [0.15, 0.2) is 0 Å². The first-order valence-corrected chi connectivity index (χ1v) is 7.67. The smallest absolute Gasteiger partial charge is 0.251 e. The highest BCUT2D eigenvalue weighted by atomic mass is 16.2. The predicted molar refractivity (Wildman–Crippen MR) is 81.2 cm³/mol.